The van der Waals surface area contributed by atoms with Gasteiger partial charge in [0.2, 0.25) is 11.0 Å². The highest BCUT2D eigenvalue weighted by atomic mass is 32.1. The molecule has 0 unspecified atom stereocenters. The molecule has 11 heteroatoms. The average Bonchev–Trinajstić information content (AvgIpc) is 3.24. The maximum absolute atomic E-state index is 13.2. The lowest BCUT2D eigenvalue weighted by atomic mass is 10.0. The third kappa shape index (κ3) is 4.76. The standard InChI is InChI=1S/C20H19F3N6OS/c21-20(22,23)15-3-1-2-4-16(15)26-14-5-7-29(8-6-14)19-28-27-18(31-19)13-9-12(17(24)30)10-25-11-13/h1-4,9-11,14,26H,5-8H2,(H2,24,30). The van der Waals surface area contributed by atoms with Gasteiger partial charge in [0.15, 0.2) is 5.01 Å². The van der Waals surface area contributed by atoms with Crippen LogP contribution in [0.1, 0.15) is 28.8 Å². The molecule has 0 bridgehead atoms. The summed E-state index contributed by atoms with van der Waals surface area (Å²) in [6, 6.07) is 7.08. The first-order chi connectivity index (χ1) is 14.8. The molecule has 0 atom stereocenters. The Balaban J connectivity index is 1.40. The molecule has 7 nitrogen and oxygen atoms in total. The highest BCUT2D eigenvalue weighted by Gasteiger charge is 2.34. The van der Waals surface area contributed by atoms with Gasteiger partial charge in [-0.2, -0.15) is 13.2 Å². The summed E-state index contributed by atoms with van der Waals surface area (Å²) in [7, 11) is 0. The molecule has 0 saturated carbocycles. The summed E-state index contributed by atoms with van der Waals surface area (Å²) < 4.78 is 39.6. The van der Waals surface area contributed by atoms with Crippen LogP contribution in [0, 0.1) is 0 Å². The van der Waals surface area contributed by atoms with E-state index < -0.39 is 17.6 Å². The summed E-state index contributed by atoms with van der Waals surface area (Å²) in [6.07, 6.45) is -0.0823. The summed E-state index contributed by atoms with van der Waals surface area (Å²) in [5.41, 5.74) is 5.69. The van der Waals surface area contributed by atoms with Crippen LogP contribution in [-0.4, -0.2) is 40.2 Å². The number of carbonyl (C=O) groups excluding carboxylic acids is 1. The predicted octanol–water partition coefficient (Wildman–Crippen LogP) is 3.80. The molecule has 1 aliphatic heterocycles. The number of halogens is 3. The minimum atomic E-state index is -4.39. The quantitative estimate of drug-likeness (QED) is 0.616. The molecule has 3 aromatic rings. The van der Waals surface area contributed by atoms with Gasteiger partial charge >= 0.3 is 6.18 Å². The van der Waals surface area contributed by atoms with Crippen molar-refractivity contribution in [1.29, 1.82) is 0 Å². The smallest absolute Gasteiger partial charge is 0.382 e. The number of amides is 1. The number of carbonyl (C=O) groups is 1. The van der Waals surface area contributed by atoms with E-state index in [1.54, 1.807) is 18.3 Å². The molecule has 1 aliphatic rings. The third-order valence-electron chi connectivity index (χ3n) is 5.04. The number of piperidine rings is 1. The third-order valence-corrected chi connectivity index (χ3v) is 6.07. The van der Waals surface area contributed by atoms with Crippen LogP contribution in [0.25, 0.3) is 10.6 Å². The molecule has 31 heavy (non-hydrogen) atoms. The Labute approximate surface area is 180 Å². The fourth-order valence-corrected chi connectivity index (χ4v) is 4.32. The molecule has 1 fully saturated rings. The van der Waals surface area contributed by atoms with E-state index in [0.717, 1.165) is 6.07 Å². The second kappa shape index (κ2) is 8.50. The number of benzene rings is 1. The molecular weight excluding hydrogens is 429 g/mol. The number of alkyl halides is 3. The predicted molar refractivity (Wildman–Crippen MR) is 112 cm³/mol. The Morgan fingerprint density at radius 3 is 2.61 bits per heavy atom. The average molecular weight is 448 g/mol. The summed E-state index contributed by atoms with van der Waals surface area (Å²) in [6.45, 7) is 1.28. The van der Waals surface area contributed by atoms with Crippen molar-refractivity contribution in [2.24, 2.45) is 5.73 Å². The zero-order valence-corrected chi connectivity index (χ0v) is 17.1. The molecule has 0 radical (unpaired) electrons. The Kier molecular flexibility index (Phi) is 5.77. The monoisotopic (exact) mass is 448 g/mol. The lowest BCUT2D eigenvalue weighted by molar-refractivity contribution is -0.137. The van der Waals surface area contributed by atoms with E-state index in [9.17, 15) is 18.0 Å². The molecule has 3 N–H and O–H groups in total. The van der Waals surface area contributed by atoms with Gasteiger partial charge in [0, 0.05) is 42.8 Å². The number of nitrogens with zero attached hydrogens (tertiary/aromatic N) is 4. The van der Waals surface area contributed by atoms with E-state index in [1.807, 2.05) is 0 Å². The molecule has 1 aromatic carbocycles. The summed E-state index contributed by atoms with van der Waals surface area (Å²) in [4.78, 5) is 17.4. The van der Waals surface area contributed by atoms with Gasteiger partial charge < -0.3 is 16.0 Å². The number of primary amides is 1. The molecule has 1 amide bonds. The summed E-state index contributed by atoms with van der Waals surface area (Å²) >= 11 is 1.37. The number of rotatable bonds is 5. The van der Waals surface area contributed by atoms with Gasteiger partial charge in [-0.15, -0.1) is 10.2 Å². The lowest BCUT2D eigenvalue weighted by Crippen LogP contribution is -2.39. The first-order valence-electron chi connectivity index (χ1n) is 9.57. The van der Waals surface area contributed by atoms with Crippen LogP contribution in [0.4, 0.5) is 24.0 Å². The number of anilines is 2. The second-order valence-corrected chi connectivity index (χ2v) is 8.12. The van der Waals surface area contributed by atoms with Crippen LogP contribution in [0.3, 0.4) is 0 Å². The fraction of sp³-hybridized carbons (Fsp3) is 0.300. The molecule has 0 spiro atoms. The van der Waals surface area contributed by atoms with E-state index in [1.165, 1.54) is 29.7 Å². The highest BCUT2D eigenvalue weighted by Crippen LogP contribution is 2.36. The number of hydrogen-bond acceptors (Lipinski definition) is 7. The fourth-order valence-electron chi connectivity index (χ4n) is 3.44. The molecule has 4 rings (SSSR count). The minimum absolute atomic E-state index is 0.0661. The molecule has 2 aromatic heterocycles. The van der Waals surface area contributed by atoms with Crippen molar-refractivity contribution in [3.05, 3.63) is 53.9 Å². The van der Waals surface area contributed by atoms with Gasteiger partial charge in [-0.25, -0.2) is 0 Å². The first-order valence-corrected chi connectivity index (χ1v) is 10.4. The molecule has 1 saturated heterocycles. The lowest BCUT2D eigenvalue weighted by Gasteiger charge is -2.32. The zero-order chi connectivity index (χ0) is 22.0. The highest BCUT2D eigenvalue weighted by molar-refractivity contribution is 7.18. The van der Waals surface area contributed by atoms with Gasteiger partial charge in [-0.3, -0.25) is 9.78 Å². The van der Waals surface area contributed by atoms with E-state index in [-0.39, 0.29) is 11.7 Å². The maximum atomic E-state index is 13.2. The van der Waals surface area contributed by atoms with Crippen molar-refractivity contribution < 1.29 is 18.0 Å². The van der Waals surface area contributed by atoms with Gasteiger partial charge in [0.05, 0.1) is 11.1 Å². The Morgan fingerprint density at radius 1 is 1.16 bits per heavy atom. The van der Waals surface area contributed by atoms with E-state index in [2.05, 4.69) is 25.4 Å². The molecule has 162 valence electrons. The van der Waals surface area contributed by atoms with Crippen molar-refractivity contribution in [2.75, 3.05) is 23.3 Å². The van der Waals surface area contributed by atoms with Crippen molar-refractivity contribution in [2.45, 2.75) is 25.1 Å². The number of aromatic nitrogens is 3. The molecule has 0 aliphatic carbocycles. The van der Waals surface area contributed by atoms with Gasteiger partial charge in [0.25, 0.3) is 0 Å². The Bertz CT molecular complexity index is 1080. The zero-order valence-electron chi connectivity index (χ0n) is 16.3. The number of para-hydroxylation sites is 1. The second-order valence-electron chi connectivity index (χ2n) is 7.17. The molecule has 3 heterocycles. The van der Waals surface area contributed by atoms with Gasteiger partial charge in [-0.1, -0.05) is 23.5 Å². The van der Waals surface area contributed by atoms with Crippen LogP contribution < -0.4 is 16.0 Å². The normalized spacial score (nSPS) is 15.1. The van der Waals surface area contributed by atoms with E-state index in [4.69, 9.17) is 5.73 Å². The summed E-state index contributed by atoms with van der Waals surface area (Å²) in [5, 5.41) is 12.8. The van der Waals surface area contributed by atoms with Crippen LogP contribution in [-0.2, 0) is 6.18 Å². The SMILES string of the molecule is NC(=O)c1cncc(-c2nnc(N3CCC(Nc4ccccc4C(F)(F)F)CC3)s2)c1. The maximum Gasteiger partial charge on any atom is 0.418 e. The van der Waals surface area contributed by atoms with Crippen molar-refractivity contribution in [3.63, 3.8) is 0 Å². The number of pyridine rings is 1. The topological polar surface area (TPSA) is 97.0 Å². The largest absolute Gasteiger partial charge is 0.418 e. The minimum Gasteiger partial charge on any atom is -0.382 e. The summed E-state index contributed by atoms with van der Waals surface area (Å²) in [5.74, 6) is -0.569. The van der Waals surface area contributed by atoms with Crippen LogP contribution >= 0.6 is 11.3 Å². The number of hydrogen-bond donors (Lipinski definition) is 2. The van der Waals surface area contributed by atoms with E-state index >= 15 is 0 Å². The Hall–Kier alpha value is -3.21. The number of nitrogens with two attached hydrogens (primary N) is 1. The van der Waals surface area contributed by atoms with Crippen molar-refractivity contribution in [3.8, 4) is 10.6 Å². The van der Waals surface area contributed by atoms with Crippen LogP contribution in [0.2, 0.25) is 0 Å². The van der Waals surface area contributed by atoms with Gasteiger partial charge in [-0.05, 0) is 31.0 Å². The van der Waals surface area contributed by atoms with Gasteiger partial charge in [0.1, 0.15) is 0 Å². The van der Waals surface area contributed by atoms with Crippen LogP contribution in [0.5, 0.6) is 0 Å². The van der Waals surface area contributed by atoms with Crippen LogP contribution in [0.15, 0.2) is 42.7 Å². The number of nitrogens with one attached hydrogen (secondary N) is 1. The first kappa shape index (κ1) is 21.0. The van der Waals surface area contributed by atoms with Crippen molar-refractivity contribution in [1.82, 2.24) is 15.2 Å². The van der Waals surface area contributed by atoms with E-state index in [0.29, 0.717) is 47.2 Å². The molecular formula is C20H19F3N6OS. The Morgan fingerprint density at radius 2 is 1.90 bits per heavy atom. The van der Waals surface area contributed by atoms with Crippen molar-refractivity contribution >= 4 is 28.1 Å².